The van der Waals surface area contributed by atoms with E-state index in [4.69, 9.17) is 9.47 Å². The maximum absolute atomic E-state index is 12.8. The van der Waals surface area contributed by atoms with E-state index < -0.39 is 11.2 Å². The number of para-hydroxylation sites is 2. The third-order valence-corrected chi connectivity index (χ3v) is 3.57. The molecule has 0 saturated carbocycles. The Morgan fingerprint density at radius 3 is 2.80 bits per heavy atom. The predicted molar refractivity (Wildman–Crippen MR) is 92.7 cm³/mol. The topological polar surface area (TPSA) is 111 Å². The lowest BCUT2D eigenvalue weighted by Crippen LogP contribution is -2.34. The molecule has 3 aromatic rings. The first-order valence-corrected chi connectivity index (χ1v) is 7.54. The zero-order valence-corrected chi connectivity index (χ0v) is 13.8. The molecule has 0 fully saturated rings. The third-order valence-electron chi connectivity index (χ3n) is 3.57. The van der Waals surface area contributed by atoms with Crippen molar-refractivity contribution in [2.75, 3.05) is 32.7 Å². The Balaban J connectivity index is 2.12. The lowest BCUT2D eigenvalue weighted by Gasteiger charge is -2.10. The molecule has 9 nitrogen and oxygen atoms in total. The molecule has 9 heteroatoms. The van der Waals surface area contributed by atoms with E-state index in [2.05, 4.69) is 20.3 Å². The molecule has 0 aliphatic carbocycles. The molecule has 0 aliphatic heterocycles. The van der Waals surface area contributed by atoms with Crippen molar-refractivity contribution in [2.45, 2.75) is 0 Å². The number of hydrogen-bond donors (Lipinski definition) is 2. The van der Waals surface area contributed by atoms with Gasteiger partial charge in [0.25, 0.3) is 5.56 Å². The van der Waals surface area contributed by atoms with Gasteiger partial charge in [-0.05, 0) is 12.1 Å². The van der Waals surface area contributed by atoms with Crippen molar-refractivity contribution in [1.82, 2.24) is 19.5 Å². The molecule has 1 aromatic carbocycles. The second-order valence-corrected chi connectivity index (χ2v) is 5.12. The summed E-state index contributed by atoms with van der Waals surface area (Å²) < 4.78 is 11.2. The van der Waals surface area contributed by atoms with Crippen molar-refractivity contribution in [3.63, 3.8) is 0 Å². The van der Waals surface area contributed by atoms with Crippen LogP contribution in [-0.4, -0.2) is 46.9 Å². The quantitative estimate of drug-likeness (QED) is 0.628. The fraction of sp³-hybridized carbons (Fsp3) is 0.250. The van der Waals surface area contributed by atoms with E-state index in [1.807, 2.05) is 0 Å². The summed E-state index contributed by atoms with van der Waals surface area (Å²) in [5, 5.41) is 3.14. The van der Waals surface area contributed by atoms with Gasteiger partial charge in [0.15, 0.2) is 5.65 Å². The number of methoxy groups -OCH3 is 2. The average Bonchev–Trinajstić information content (AvgIpc) is 2.62. The summed E-state index contributed by atoms with van der Waals surface area (Å²) in [4.78, 5) is 36.1. The van der Waals surface area contributed by atoms with Gasteiger partial charge >= 0.3 is 5.69 Å². The molecule has 2 heterocycles. The van der Waals surface area contributed by atoms with Crippen LogP contribution in [0, 0.1) is 0 Å². The number of benzene rings is 1. The van der Waals surface area contributed by atoms with Gasteiger partial charge in [0.2, 0.25) is 5.95 Å². The Bertz CT molecular complexity index is 1010. The summed E-state index contributed by atoms with van der Waals surface area (Å²) in [7, 11) is 3.06. The summed E-state index contributed by atoms with van der Waals surface area (Å²) in [6.45, 7) is 0.984. The molecule has 0 bridgehead atoms. The second-order valence-electron chi connectivity index (χ2n) is 5.12. The molecule has 2 N–H and O–H groups in total. The first kappa shape index (κ1) is 16.7. The van der Waals surface area contributed by atoms with E-state index in [1.165, 1.54) is 13.3 Å². The second kappa shape index (κ2) is 7.14. The molecule has 0 radical (unpaired) electrons. The largest absolute Gasteiger partial charge is 0.495 e. The zero-order valence-electron chi connectivity index (χ0n) is 13.8. The highest BCUT2D eigenvalue weighted by molar-refractivity contribution is 5.73. The number of rotatable bonds is 6. The van der Waals surface area contributed by atoms with E-state index in [1.54, 1.807) is 31.4 Å². The van der Waals surface area contributed by atoms with Crippen LogP contribution in [0.25, 0.3) is 16.7 Å². The van der Waals surface area contributed by atoms with Crippen molar-refractivity contribution in [2.24, 2.45) is 0 Å². The Morgan fingerprint density at radius 2 is 2.04 bits per heavy atom. The van der Waals surface area contributed by atoms with Gasteiger partial charge in [-0.15, -0.1) is 0 Å². The van der Waals surface area contributed by atoms with Crippen LogP contribution >= 0.6 is 0 Å². The van der Waals surface area contributed by atoms with Crippen LogP contribution < -0.4 is 21.3 Å². The molecule has 0 spiro atoms. The van der Waals surface area contributed by atoms with Crippen molar-refractivity contribution in [3.8, 4) is 11.4 Å². The van der Waals surface area contributed by atoms with Gasteiger partial charge in [0.1, 0.15) is 11.1 Å². The van der Waals surface area contributed by atoms with Gasteiger partial charge in [-0.2, -0.15) is 4.98 Å². The molecule has 0 unspecified atom stereocenters. The molecular weight excluding hydrogens is 326 g/mol. The van der Waals surface area contributed by atoms with E-state index >= 15 is 0 Å². The summed E-state index contributed by atoms with van der Waals surface area (Å²) in [5.41, 5.74) is -0.619. The highest BCUT2D eigenvalue weighted by atomic mass is 16.5. The molecule has 0 atom stereocenters. The number of anilines is 1. The Kier molecular flexibility index (Phi) is 4.75. The molecule has 2 aromatic heterocycles. The molecule has 25 heavy (non-hydrogen) atoms. The lowest BCUT2D eigenvalue weighted by atomic mass is 10.3. The van der Waals surface area contributed by atoms with Crippen LogP contribution in [0.15, 0.2) is 40.1 Å². The SMILES string of the molecule is COCCNc1ncc2c(=O)n(-c3ccccc3OC)c(=O)[nH]c2n1. The number of aromatic nitrogens is 4. The number of nitrogens with zero attached hydrogens (tertiary/aromatic N) is 3. The smallest absolute Gasteiger partial charge is 0.334 e. The van der Waals surface area contributed by atoms with Gasteiger partial charge in [-0.3, -0.25) is 9.78 Å². The molecule has 0 aliphatic rings. The predicted octanol–water partition coefficient (Wildman–Crippen LogP) is 0.536. The van der Waals surface area contributed by atoms with E-state index in [-0.39, 0.29) is 11.0 Å². The zero-order chi connectivity index (χ0) is 17.8. The van der Waals surface area contributed by atoms with Crippen LogP contribution in [0.4, 0.5) is 5.95 Å². The Labute approximate surface area is 142 Å². The van der Waals surface area contributed by atoms with Crippen molar-refractivity contribution >= 4 is 17.0 Å². The number of hydrogen-bond acceptors (Lipinski definition) is 7. The summed E-state index contributed by atoms with van der Waals surface area (Å²) in [6.07, 6.45) is 1.38. The Morgan fingerprint density at radius 1 is 1.24 bits per heavy atom. The molecular formula is C16H17N5O4. The fourth-order valence-corrected chi connectivity index (χ4v) is 2.39. The third kappa shape index (κ3) is 3.22. The minimum atomic E-state index is -0.608. The van der Waals surface area contributed by atoms with Crippen LogP contribution in [0.3, 0.4) is 0 Å². The van der Waals surface area contributed by atoms with E-state index in [0.717, 1.165) is 4.57 Å². The molecule has 3 rings (SSSR count). The highest BCUT2D eigenvalue weighted by Crippen LogP contribution is 2.19. The summed E-state index contributed by atoms with van der Waals surface area (Å²) >= 11 is 0. The van der Waals surface area contributed by atoms with Crippen LogP contribution in [0.2, 0.25) is 0 Å². The van der Waals surface area contributed by atoms with Gasteiger partial charge in [-0.1, -0.05) is 12.1 Å². The highest BCUT2D eigenvalue weighted by Gasteiger charge is 2.14. The van der Waals surface area contributed by atoms with Crippen LogP contribution in [0.5, 0.6) is 5.75 Å². The van der Waals surface area contributed by atoms with Gasteiger partial charge in [0.05, 0.1) is 19.4 Å². The number of aromatic amines is 1. The summed E-state index contributed by atoms with van der Waals surface area (Å²) in [6, 6.07) is 6.77. The molecule has 0 amide bonds. The van der Waals surface area contributed by atoms with Crippen molar-refractivity contribution < 1.29 is 9.47 Å². The van der Waals surface area contributed by atoms with Gasteiger partial charge < -0.3 is 14.8 Å². The lowest BCUT2D eigenvalue weighted by molar-refractivity contribution is 0.210. The maximum Gasteiger partial charge on any atom is 0.334 e. The molecule has 0 saturated heterocycles. The Hall–Kier alpha value is -3.20. The minimum Gasteiger partial charge on any atom is -0.495 e. The number of H-pyrrole nitrogens is 1. The van der Waals surface area contributed by atoms with Gasteiger partial charge in [0, 0.05) is 19.9 Å². The van der Waals surface area contributed by atoms with Crippen molar-refractivity contribution in [3.05, 3.63) is 51.3 Å². The molecule has 130 valence electrons. The average molecular weight is 343 g/mol. The first-order chi connectivity index (χ1) is 12.2. The standard InChI is InChI=1S/C16H17N5O4/c1-24-8-7-17-15-18-9-10-13(19-15)20-16(23)21(14(10)22)11-5-3-4-6-12(11)25-2/h3-6,9H,7-8H2,1-2H3,(H2,17,18,19,20,23). The minimum absolute atomic E-state index is 0.163. The van der Waals surface area contributed by atoms with Crippen molar-refractivity contribution in [1.29, 1.82) is 0 Å². The van der Waals surface area contributed by atoms with Gasteiger partial charge in [-0.25, -0.2) is 14.3 Å². The van der Waals surface area contributed by atoms with Crippen LogP contribution in [0.1, 0.15) is 0 Å². The fourth-order valence-electron chi connectivity index (χ4n) is 2.39. The van der Waals surface area contributed by atoms with Crippen LogP contribution in [-0.2, 0) is 4.74 Å². The number of fused-ring (bicyclic) bond motifs is 1. The first-order valence-electron chi connectivity index (χ1n) is 7.54. The normalized spacial score (nSPS) is 10.8. The number of nitrogens with one attached hydrogen (secondary N) is 2. The summed E-state index contributed by atoms with van der Waals surface area (Å²) in [5.74, 6) is 0.711. The number of ether oxygens (including phenoxy) is 2. The monoisotopic (exact) mass is 343 g/mol. The van der Waals surface area contributed by atoms with E-state index in [9.17, 15) is 9.59 Å². The van der Waals surface area contributed by atoms with E-state index in [0.29, 0.717) is 30.5 Å². The maximum atomic E-state index is 12.8.